The lowest BCUT2D eigenvalue weighted by atomic mass is 9.87. The zero-order valence-corrected chi connectivity index (χ0v) is 11.3. The van der Waals surface area contributed by atoms with Gasteiger partial charge in [-0.1, -0.05) is 13.8 Å². The standard InChI is InChI=1S/C14H25NO2/c1-10-4-6-12(7-5-10)15-8-11(2)13(9-15)14(16)17-3/h10-13H,4-9H2,1-3H3. The largest absolute Gasteiger partial charge is 0.469 e. The molecule has 1 saturated carbocycles. The van der Waals surface area contributed by atoms with Crippen LogP contribution in [0, 0.1) is 17.8 Å². The quantitative estimate of drug-likeness (QED) is 0.693. The molecule has 0 amide bonds. The minimum absolute atomic E-state index is 0.0239. The molecule has 1 aliphatic carbocycles. The first-order valence-corrected chi connectivity index (χ1v) is 6.93. The van der Waals surface area contributed by atoms with Crippen LogP contribution < -0.4 is 0 Å². The molecule has 0 spiro atoms. The first-order valence-electron chi connectivity index (χ1n) is 6.93. The third-order valence-corrected chi connectivity index (χ3v) is 4.65. The van der Waals surface area contributed by atoms with Gasteiger partial charge >= 0.3 is 5.97 Å². The summed E-state index contributed by atoms with van der Waals surface area (Å²) >= 11 is 0. The van der Waals surface area contributed by atoms with Crippen molar-refractivity contribution in [2.45, 2.75) is 45.6 Å². The first kappa shape index (κ1) is 12.9. The minimum atomic E-state index is -0.0239. The number of likely N-dealkylation sites (tertiary alicyclic amines) is 1. The molecule has 2 unspecified atom stereocenters. The Balaban J connectivity index is 1.90. The van der Waals surface area contributed by atoms with Crippen LogP contribution >= 0.6 is 0 Å². The van der Waals surface area contributed by atoms with E-state index in [1.807, 2.05) is 0 Å². The fraction of sp³-hybridized carbons (Fsp3) is 0.929. The summed E-state index contributed by atoms with van der Waals surface area (Å²) < 4.78 is 4.89. The van der Waals surface area contributed by atoms with Crippen LogP contribution in [0.1, 0.15) is 39.5 Å². The molecule has 2 fully saturated rings. The molecule has 0 N–H and O–H groups in total. The van der Waals surface area contributed by atoms with Crippen molar-refractivity contribution in [3.05, 3.63) is 0 Å². The van der Waals surface area contributed by atoms with Gasteiger partial charge in [0.15, 0.2) is 0 Å². The van der Waals surface area contributed by atoms with Crippen LogP contribution in [0.15, 0.2) is 0 Å². The summed E-state index contributed by atoms with van der Waals surface area (Å²) in [6.45, 7) is 6.50. The molecular weight excluding hydrogens is 214 g/mol. The van der Waals surface area contributed by atoms with Gasteiger partial charge in [0.25, 0.3) is 0 Å². The summed E-state index contributed by atoms with van der Waals surface area (Å²) in [4.78, 5) is 14.2. The molecular formula is C14H25NO2. The van der Waals surface area contributed by atoms with E-state index in [9.17, 15) is 4.79 Å². The van der Waals surface area contributed by atoms with Crippen molar-refractivity contribution in [3.8, 4) is 0 Å². The molecule has 2 atom stereocenters. The van der Waals surface area contributed by atoms with E-state index in [0.29, 0.717) is 12.0 Å². The summed E-state index contributed by atoms with van der Waals surface area (Å²) in [5.41, 5.74) is 0. The number of ether oxygens (including phenoxy) is 1. The average molecular weight is 239 g/mol. The molecule has 1 saturated heterocycles. The van der Waals surface area contributed by atoms with E-state index in [1.165, 1.54) is 32.8 Å². The highest BCUT2D eigenvalue weighted by molar-refractivity contribution is 5.73. The Hall–Kier alpha value is -0.570. The van der Waals surface area contributed by atoms with Crippen molar-refractivity contribution in [2.24, 2.45) is 17.8 Å². The van der Waals surface area contributed by atoms with Gasteiger partial charge in [-0.05, 0) is 37.5 Å². The number of methoxy groups -OCH3 is 1. The molecule has 3 nitrogen and oxygen atoms in total. The zero-order valence-electron chi connectivity index (χ0n) is 11.3. The number of rotatable bonds is 2. The molecule has 3 heteroatoms. The van der Waals surface area contributed by atoms with Crippen molar-refractivity contribution < 1.29 is 9.53 Å². The van der Waals surface area contributed by atoms with Crippen molar-refractivity contribution in [1.82, 2.24) is 4.90 Å². The number of hydrogen-bond donors (Lipinski definition) is 0. The molecule has 0 bridgehead atoms. The highest BCUT2D eigenvalue weighted by Crippen LogP contribution is 2.32. The lowest BCUT2D eigenvalue weighted by Crippen LogP contribution is -2.36. The third kappa shape index (κ3) is 2.82. The fourth-order valence-corrected chi connectivity index (χ4v) is 3.37. The maximum atomic E-state index is 11.7. The zero-order chi connectivity index (χ0) is 12.4. The number of hydrogen-bond acceptors (Lipinski definition) is 3. The number of carbonyl (C=O) groups excluding carboxylic acids is 1. The number of esters is 1. The van der Waals surface area contributed by atoms with Crippen molar-refractivity contribution >= 4 is 5.97 Å². The van der Waals surface area contributed by atoms with Crippen molar-refractivity contribution in [1.29, 1.82) is 0 Å². The summed E-state index contributed by atoms with van der Waals surface area (Å²) in [6.07, 6.45) is 5.31. The predicted octanol–water partition coefficient (Wildman–Crippen LogP) is 2.31. The van der Waals surface area contributed by atoms with E-state index in [-0.39, 0.29) is 11.9 Å². The van der Waals surface area contributed by atoms with Gasteiger partial charge in [-0.15, -0.1) is 0 Å². The molecule has 2 aliphatic rings. The van der Waals surface area contributed by atoms with Gasteiger partial charge in [0.1, 0.15) is 0 Å². The summed E-state index contributed by atoms with van der Waals surface area (Å²) in [5, 5.41) is 0. The maximum Gasteiger partial charge on any atom is 0.310 e. The number of nitrogens with zero attached hydrogens (tertiary/aromatic N) is 1. The maximum absolute atomic E-state index is 11.7. The smallest absolute Gasteiger partial charge is 0.310 e. The van der Waals surface area contributed by atoms with E-state index in [0.717, 1.165) is 19.0 Å². The molecule has 0 radical (unpaired) electrons. The topological polar surface area (TPSA) is 29.5 Å². The first-order chi connectivity index (χ1) is 8.11. The molecule has 98 valence electrons. The molecule has 0 aromatic carbocycles. The Bertz CT molecular complexity index is 271. The molecule has 0 aromatic rings. The van der Waals surface area contributed by atoms with E-state index in [4.69, 9.17) is 4.74 Å². The van der Waals surface area contributed by atoms with E-state index < -0.39 is 0 Å². The molecule has 2 rings (SSSR count). The average Bonchev–Trinajstić information content (AvgIpc) is 2.71. The van der Waals surface area contributed by atoms with Gasteiger partial charge in [0.2, 0.25) is 0 Å². The van der Waals surface area contributed by atoms with Gasteiger partial charge < -0.3 is 4.74 Å². The number of carbonyl (C=O) groups is 1. The Labute approximate surface area is 105 Å². The SMILES string of the molecule is COC(=O)C1CN(C2CCC(C)CC2)CC1C. The van der Waals surface area contributed by atoms with Crippen LogP contribution in [-0.4, -0.2) is 37.1 Å². The van der Waals surface area contributed by atoms with Crippen LogP contribution in [0.5, 0.6) is 0 Å². The Morgan fingerprint density at radius 1 is 1.12 bits per heavy atom. The fourth-order valence-electron chi connectivity index (χ4n) is 3.37. The monoisotopic (exact) mass is 239 g/mol. The third-order valence-electron chi connectivity index (χ3n) is 4.65. The lowest BCUT2D eigenvalue weighted by molar-refractivity contribution is -0.146. The normalized spacial score (nSPS) is 39.2. The summed E-state index contributed by atoms with van der Waals surface area (Å²) in [5.74, 6) is 1.41. The van der Waals surface area contributed by atoms with E-state index >= 15 is 0 Å². The van der Waals surface area contributed by atoms with Crippen molar-refractivity contribution in [3.63, 3.8) is 0 Å². The Morgan fingerprint density at radius 2 is 1.76 bits per heavy atom. The van der Waals surface area contributed by atoms with Gasteiger partial charge in [-0.25, -0.2) is 0 Å². The Morgan fingerprint density at radius 3 is 2.35 bits per heavy atom. The van der Waals surface area contributed by atoms with Crippen molar-refractivity contribution in [2.75, 3.05) is 20.2 Å². The van der Waals surface area contributed by atoms with Crippen LogP contribution in [0.2, 0.25) is 0 Å². The predicted molar refractivity (Wildman–Crippen MR) is 67.7 cm³/mol. The van der Waals surface area contributed by atoms with Crippen LogP contribution in [0.3, 0.4) is 0 Å². The summed E-state index contributed by atoms with van der Waals surface area (Å²) in [7, 11) is 1.50. The molecule has 1 heterocycles. The van der Waals surface area contributed by atoms with Gasteiger partial charge in [-0.3, -0.25) is 9.69 Å². The van der Waals surface area contributed by atoms with Crippen LogP contribution in [0.4, 0.5) is 0 Å². The van der Waals surface area contributed by atoms with E-state index in [2.05, 4.69) is 18.7 Å². The summed E-state index contributed by atoms with van der Waals surface area (Å²) in [6, 6.07) is 0.711. The van der Waals surface area contributed by atoms with Crippen LogP contribution in [-0.2, 0) is 9.53 Å². The van der Waals surface area contributed by atoms with Gasteiger partial charge in [0.05, 0.1) is 13.0 Å². The Kier molecular flexibility index (Phi) is 4.08. The highest BCUT2D eigenvalue weighted by Gasteiger charge is 2.38. The molecule has 17 heavy (non-hydrogen) atoms. The van der Waals surface area contributed by atoms with E-state index in [1.54, 1.807) is 0 Å². The van der Waals surface area contributed by atoms with Gasteiger partial charge in [0, 0.05) is 19.1 Å². The lowest BCUT2D eigenvalue weighted by Gasteiger charge is -2.33. The second kappa shape index (κ2) is 5.38. The minimum Gasteiger partial charge on any atom is -0.469 e. The van der Waals surface area contributed by atoms with Gasteiger partial charge in [-0.2, -0.15) is 0 Å². The molecule has 0 aromatic heterocycles. The second-order valence-corrected chi connectivity index (χ2v) is 5.97. The highest BCUT2D eigenvalue weighted by atomic mass is 16.5. The molecule has 1 aliphatic heterocycles. The second-order valence-electron chi connectivity index (χ2n) is 5.97. The van der Waals surface area contributed by atoms with Crippen LogP contribution in [0.25, 0.3) is 0 Å².